The fourth-order valence-electron chi connectivity index (χ4n) is 3.55. The lowest BCUT2D eigenvalue weighted by Gasteiger charge is -2.34. The molecule has 3 N–H and O–H groups in total. The topological polar surface area (TPSA) is 82.0 Å². The van der Waals surface area contributed by atoms with Crippen molar-refractivity contribution in [1.29, 1.82) is 0 Å². The van der Waals surface area contributed by atoms with Gasteiger partial charge in [-0.15, -0.1) is 0 Å². The van der Waals surface area contributed by atoms with Gasteiger partial charge in [-0.25, -0.2) is 4.98 Å². The normalized spacial score (nSPS) is 16.3. The molecule has 0 amide bonds. The molecule has 1 aromatic heterocycles. The van der Waals surface area contributed by atoms with E-state index < -0.39 is 6.10 Å². The Bertz CT molecular complexity index is 817. The van der Waals surface area contributed by atoms with Gasteiger partial charge in [0.05, 0.1) is 19.8 Å². The lowest BCUT2D eigenvalue weighted by molar-refractivity contribution is 0.186. The van der Waals surface area contributed by atoms with E-state index in [1.807, 2.05) is 37.4 Å². The van der Waals surface area contributed by atoms with E-state index in [9.17, 15) is 5.11 Å². The number of rotatable bonds is 7. The minimum atomic E-state index is -0.676. The van der Waals surface area contributed by atoms with Gasteiger partial charge in [0.2, 0.25) is 0 Å². The number of methoxy groups -OCH3 is 1. The van der Waals surface area contributed by atoms with E-state index >= 15 is 0 Å². The number of aromatic nitrogens is 1. The van der Waals surface area contributed by atoms with Crippen molar-refractivity contribution in [1.82, 2.24) is 15.6 Å². The zero-order chi connectivity index (χ0) is 21.3. The van der Waals surface area contributed by atoms with Crippen molar-refractivity contribution in [2.75, 3.05) is 38.2 Å². The lowest BCUT2D eigenvalue weighted by Crippen LogP contribution is -2.49. The van der Waals surface area contributed by atoms with Crippen LogP contribution < -0.4 is 20.3 Å². The van der Waals surface area contributed by atoms with Crippen LogP contribution in [0, 0.1) is 6.92 Å². The quantitative estimate of drug-likeness (QED) is 0.480. The minimum Gasteiger partial charge on any atom is -0.497 e. The highest BCUT2D eigenvalue weighted by molar-refractivity contribution is 5.80. The van der Waals surface area contributed by atoms with Gasteiger partial charge >= 0.3 is 0 Å². The van der Waals surface area contributed by atoms with Crippen LogP contribution in [-0.4, -0.2) is 55.4 Å². The fourth-order valence-corrected chi connectivity index (χ4v) is 3.55. The Labute approximate surface area is 179 Å². The van der Waals surface area contributed by atoms with Crippen LogP contribution in [-0.2, 0) is 0 Å². The third kappa shape index (κ3) is 6.10. The maximum Gasteiger partial charge on any atom is 0.191 e. The number of aliphatic imine (C=N–C) groups is 1. The predicted molar refractivity (Wildman–Crippen MR) is 121 cm³/mol. The van der Waals surface area contributed by atoms with Gasteiger partial charge in [-0.3, -0.25) is 4.99 Å². The summed E-state index contributed by atoms with van der Waals surface area (Å²) in [6, 6.07) is 12.0. The number of hydrogen-bond donors (Lipinski definition) is 3. The van der Waals surface area contributed by atoms with Crippen LogP contribution in [0.5, 0.6) is 5.75 Å². The Morgan fingerprint density at radius 3 is 2.77 bits per heavy atom. The maximum absolute atomic E-state index is 10.5. The zero-order valence-electron chi connectivity index (χ0n) is 18.1. The molecule has 2 aromatic rings. The van der Waals surface area contributed by atoms with Gasteiger partial charge in [0.1, 0.15) is 11.6 Å². The molecule has 0 spiro atoms. The van der Waals surface area contributed by atoms with Gasteiger partial charge in [-0.05, 0) is 56.0 Å². The summed E-state index contributed by atoms with van der Waals surface area (Å²) in [6.07, 6.45) is 3.27. The zero-order valence-corrected chi connectivity index (χ0v) is 18.1. The van der Waals surface area contributed by atoms with Crippen LogP contribution in [0.4, 0.5) is 5.82 Å². The van der Waals surface area contributed by atoms with Crippen molar-refractivity contribution in [3.05, 3.63) is 53.7 Å². The van der Waals surface area contributed by atoms with Crippen molar-refractivity contribution in [2.24, 2.45) is 4.99 Å². The summed E-state index contributed by atoms with van der Waals surface area (Å²) in [7, 11) is 1.62. The average molecular weight is 412 g/mol. The second-order valence-electron chi connectivity index (χ2n) is 7.61. The molecule has 1 aromatic carbocycles. The van der Waals surface area contributed by atoms with Crippen LogP contribution in [0.1, 0.15) is 37.0 Å². The average Bonchev–Trinajstić information content (AvgIpc) is 2.78. The molecular weight excluding hydrogens is 378 g/mol. The summed E-state index contributed by atoms with van der Waals surface area (Å²) >= 11 is 0. The highest BCUT2D eigenvalue weighted by atomic mass is 16.5. The Morgan fingerprint density at radius 1 is 1.30 bits per heavy atom. The molecular formula is C23H33N5O2. The summed E-state index contributed by atoms with van der Waals surface area (Å²) in [5, 5.41) is 17.3. The SMILES string of the molecule is CCNC(=NCC(O)c1cccc(OC)c1)NC1CCN(c2ccc(C)cn2)CC1. The highest BCUT2D eigenvalue weighted by Gasteiger charge is 2.21. The molecule has 0 bridgehead atoms. The van der Waals surface area contributed by atoms with Crippen LogP contribution in [0.15, 0.2) is 47.6 Å². The van der Waals surface area contributed by atoms with Crippen molar-refractivity contribution >= 4 is 11.8 Å². The van der Waals surface area contributed by atoms with E-state index in [4.69, 9.17) is 4.74 Å². The van der Waals surface area contributed by atoms with Crippen molar-refractivity contribution in [2.45, 2.75) is 38.8 Å². The van der Waals surface area contributed by atoms with Crippen LogP contribution in [0.3, 0.4) is 0 Å². The number of aliphatic hydroxyl groups is 1. The second kappa shape index (κ2) is 10.8. The number of piperidine rings is 1. The molecule has 2 heterocycles. The molecule has 3 rings (SSSR count). The minimum absolute atomic E-state index is 0.286. The Balaban J connectivity index is 1.54. The van der Waals surface area contributed by atoms with E-state index in [1.54, 1.807) is 7.11 Å². The van der Waals surface area contributed by atoms with Crippen molar-refractivity contribution in [3.63, 3.8) is 0 Å². The third-order valence-corrected chi connectivity index (χ3v) is 5.30. The Morgan fingerprint density at radius 2 is 2.10 bits per heavy atom. The summed E-state index contributed by atoms with van der Waals surface area (Å²) in [4.78, 5) is 11.5. The first kappa shape index (κ1) is 21.9. The van der Waals surface area contributed by atoms with E-state index in [0.717, 1.165) is 55.6 Å². The summed E-state index contributed by atoms with van der Waals surface area (Å²) in [5.41, 5.74) is 1.98. The molecule has 1 atom stereocenters. The molecule has 0 aliphatic carbocycles. The second-order valence-corrected chi connectivity index (χ2v) is 7.61. The van der Waals surface area contributed by atoms with Crippen molar-refractivity contribution in [3.8, 4) is 5.75 Å². The molecule has 1 aliphatic heterocycles. The number of nitrogens with zero attached hydrogens (tertiary/aromatic N) is 3. The lowest BCUT2D eigenvalue weighted by atomic mass is 10.1. The number of guanidine groups is 1. The van der Waals surface area contributed by atoms with Gasteiger partial charge in [0, 0.05) is 31.9 Å². The number of nitrogens with one attached hydrogen (secondary N) is 2. The molecule has 1 saturated heterocycles. The number of aryl methyl sites for hydroxylation is 1. The molecule has 7 heteroatoms. The third-order valence-electron chi connectivity index (χ3n) is 5.30. The molecule has 1 aliphatic rings. The smallest absolute Gasteiger partial charge is 0.191 e. The first-order valence-electron chi connectivity index (χ1n) is 10.6. The van der Waals surface area contributed by atoms with Crippen molar-refractivity contribution < 1.29 is 9.84 Å². The molecule has 1 fully saturated rings. The van der Waals surface area contributed by atoms with Gasteiger partial charge in [0.25, 0.3) is 0 Å². The monoisotopic (exact) mass is 411 g/mol. The molecule has 1 unspecified atom stereocenters. The molecule has 7 nitrogen and oxygen atoms in total. The number of aliphatic hydroxyl groups excluding tert-OH is 1. The van der Waals surface area contributed by atoms with E-state index in [-0.39, 0.29) is 6.54 Å². The Kier molecular flexibility index (Phi) is 7.90. The standard InChI is InChI=1S/C23H33N5O2/c1-4-24-23(26-16-21(29)18-6-5-7-20(14-18)30-3)27-19-10-12-28(13-11-19)22-9-8-17(2)15-25-22/h5-9,14-15,19,21,29H,4,10-13,16H2,1-3H3,(H2,24,26,27). The largest absolute Gasteiger partial charge is 0.497 e. The maximum atomic E-state index is 10.5. The predicted octanol–water partition coefficient (Wildman–Crippen LogP) is 2.66. The number of ether oxygens (including phenoxy) is 1. The molecule has 30 heavy (non-hydrogen) atoms. The van der Waals surface area contributed by atoms with Crippen LogP contribution in [0.25, 0.3) is 0 Å². The van der Waals surface area contributed by atoms with Crippen LogP contribution >= 0.6 is 0 Å². The summed E-state index contributed by atoms with van der Waals surface area (Å²) in [6.45, 7) is 7.07. The molecule has 0 radical (unpaired) electrons. The fraction of sp³-hybridized carbons (Fsp3) is 0.478. The Hall–Kier alpha value is -2.80. The van der Waals surface area contributed by atoms with E-state index in [2.05, 4.69) is 44.6 Å². The van der Waals surface area contributed by atoms with Gasteiger partial charge < -0.3 is 25.4 Å². The number of hydrogen-bond acceptors (Lipinski definition) is 5. The van der Waals surface area contributed by atoms with Gasteiger partial charge in [-0.2, -0.15) is 0 Å². The molecule has 0 saturated carbocycles. The van der Waals surface area contributed by atoms with Crippen LogP contribution in [0.2, 0.25) is 0 Å². The first-order valence-corrected chi connectivity index (χ1v) is 10.6. The van der Waals surface area contributed by atoms with E-state index in [1.165, 1.54) is 5.56 Å². The number of benzene rings is 1. The summed E-state index contributed by atoms with van der Waals surface area (Å²) < 4.78 is 5.24. The number of anilines is 1. The first-order chi connectivity index (χ1) is 14.6. The highest BCUT2D eigenvalue weighted by Crippen LogP contribution is 2.20. The van der Waals surface area contributed by atoms with Gasteiger partial charge in [0.15, 0.2) is 5.96 Å². The molecule has 162 valence electrons. The number of pyridine rings is 1. The van der Waals surface area contributed by atoms with Gasteiger partial charge in [-0.1, -0.05) is 18.2 Å². The summed E-state index contributed by atoms with van der Waals surface area (Å²) in [5.74, 6) is 2.52. The van der Waals surface area contributed by atoms with E-state index in [0.29, 0.717) is 6.04 Å².